The molecule has 1 amide bonds. The van der Waals surface area contributed by atoms with Crippen molar-refractivity contribution >= 4 is 34.4 Å². The molecule has 0 spiro atoms. The van der Waals surface area contributed by atoms with E-state index in [0.717, 1.165) is 11.6 Å². The number of fused-ring (bicyclic) bond motifs is 1. The smallest absolute Gasteiger partial charge is 0.244 e. The van der Waals surface area contributed by atoms with E-state index in [4.69, 9.17) is 16.3 Å². The fourth-order valence-electron chi connectivity index (χ4n) is 3.09. The molecule has 0 aliphatic carbocycles. The van der Waals surface area contributed by atoms with Crippen LogP contribution in [0.2, 0.25) is 5.02 Å². The molecule has 3 aromatic rings. The minimum atomic E-state index is -0.644. The molecule has 4 rings (SSSR count). The first kappa shape index (κ1) is 18.6. The van der Waals surface area contributed by atoms with Gasteiger partial charge in [-0.3, -0.25) is 4.79 Å². The average Bonchev–Trinajstić information content (AvgIpc) is 3.12. The summed E-state index contributed by atoms with van der Waals surface area (Å²) in [6.07, 6.45) is 4.29. The Labute approximate surface area is 165 Å². The zero-order chi connectivity index (χ0) is 19.7. The molecule has 0 aromatic carbocycles. The van der Waals surface area contributed by atoms with E-state index in [0.29, 0.717) is 48.4 Å². The first-order valence-corrected chi connectivity index (χ1v) is 9.19. The van der Waals surface area contributed by atoms with E-state index >= 15 is 0 Å². The standard InChI is InChI=1S/C18H18ClFN6O2/c1-10(18(27)26-2-4-28-5-3-26)24-17-14(20)9-23-16(25-17)13-8-22-15-12(13)6-11(19)7-21-15/h6-10H,2-5H2,1H3,(H,21,22)(H,23,24,25)/t10-/m1/s1. The van der Waals surface area contributed by atoms with Gasteiger partial charge in [-0.25, -0.2) is 19.3 Å². The summed E-state index contributed by atoms with van der Waals surface area (Å²) >= 11 is 6.03. The lowest BCUT2D eigenvalue weighted by Gasteiger charge is -2.29. The van der Waals surface area contributed by atoms with Crippen LogP contribution in [0.1, 0.15) is 6.92 Å². The molecule has 0 bridgehead atoms. The molecule has 1 aliphatic heterocycles. The van der Waals surface area contributed by atoms with Crippen molar-refractivity contribution in [3.63, 3.8) is 0 Å². The van der Waals surface area contributed by atoms with Gasteiger partial charge in [0.25, 0.3) is 0 Å². The predicted octanol–water partition coefficient (Wildman–Crippen LogP) is 2.47. The van der Waals surface area contributed by atoms with E-state index in [-0.39, 0.29) is 11.7 Å². The molecule has 1 fully saturated rings. The van der Waals surface area contributed by atoms with Crippen LogP contribution < -0.4 is 5.32 Å². The summed E-state index contributed by atoms with van der Waals surface area (Å²) in [5, 5.41) is 4.05. The highest BCUT2D eigenvalue weighted by Gasteiger charge is 2.24. The fourth-order valence-corrected chi connectivity index (χ4v) is 3.24. The van der Waals surface area contributed by atoms with Crippen molar-refractivity contribution in [1.82, 2.24) is 24.8 Å². The second-order valence-electron chi connectivity index (χ2n) is 6.45. The third-order valence-electron chi connectivity index (χ3n) is 4.53. The van der Waals surface area contributed by atoms with Crippen LogP contribution in [0, 0.1) is 5.82 Å². The summed E-state index contributed by atoms with van der Waals surface area (Å²) < 4.78 is 19.5. The van der Waals surface area contributed by atoms with Gasteiger partial charge in [0.1, 0.15) is 11.7 Å². The van der Waals surface area contributed by atoms with Gasteiger partial charge in [-0.15, -0.1) is 0 Å². The number of hydrogen-bond donors (Lipinski definition) is 2. The van der Waals surface area contributed by atoms with Crippen LogP contribution in [-0.4, -0.2) is 63.1 Å². The molecule has 3 aromatic heterocycles. The second-order valence-corrected chi connectivity index (χ2v) is 6.88. The molecule has 0 saturated carbocycles. The molecular weight excluding hydrogens is 387 g/mol. The van der Waals surface area contributed by atoms with Gasteiger partial charge in [-0.2, -0.15) is 0 Å². The molecule has 10 heteroatoms. The average molecular weight is 405 g/mol. The number of hydrogen-bond acceptors (Lipinski definition) is 6. The second kappa shape index (κ2) is 7.69. The summed E-state index contributed by atoms with van der Waals surface area (Å²) in [6.45, 7) is 3.72. The van der Waals surface area contributed by atoms with Crippen molar-refractivity contribution in [2.24, 2.45) is 0 Å². The Morgan fingerprint density at radius 3 is 2.93 bits per heavy atom. The van der Waals surface area contributed by atoms with Crippen molar-refractivity contribution in [2.75, 3.05) is 31.6 Å². The number of anilines is 1. The van der Waals surface area contributed by atoms with Crippen LogP contribution in [0.5, 0.6) is 0 Å². The number of aromatic nitrogens is 4. The van der Waals surface area contributed by atoms with Crippen LogP contribution in [0.4, 0.5) is 10.2 Å². The van der Waals surface area contributed by atoms with Gasteiger partial charge in [0.15, 0.2) is 17.5 Å². The largest absolute Gasteiger partial charge is 0.378 e. The zero-order valence-corrected chi connectivity index (χ0v) is 15.8. The molecule has 1 aliphatic rings. The number of amides is 1. The summed E-state index contributed by atoms with van der Waals surface area (Å²) in [4.78, 5) is 29.8. The van der Waals surface area contributed by atoms with Gasteiger partial charge in [-0.05, 0) is 13.0 Å². The van der Waals surface area contributed by atoms with Crippen LogP contribution in [0.25, 0.3) is 22.4 Å². The van der Waals surface area contributed by atoms with Crippen molar-refractivity contribution in [1.29, 1.82) is 0 Å². The monoisotopic (exact) mass is 404 g/mol. The molecule has 2 N–H and O–H groups in total. The normalized spacial score (nSPS) is 15.6. The number of H-pyrrole nitrogens is 1. The van der Waals surface area contributed by atoms with E-state index in [1.54, 1.807) is 24.1 Å². The summed E-state index contributed by atoms with van der Waals surface area (Å²) in [6, 6.07) is 1.09. The molecule has 1 saturated heterocycles. The van der Waals surface area contributed by atoms with Crippen molar-refractivity contribution in [3.05, 3.63) is 35.5 Å². The number of carbonyl (C=O) groups is 1. The van der Waals surface area contributed by atoms with Gasteiger partial charge in [0, 0.05) is 36.4 Å². The Bertz CT molecular complexity index is 1020. The third-order valence-corrected chi connectivity index (χ3v) is 4.74. The Kier molecular flexibility index (Phi) is 5.10. The Balaban J connectivity index is 1.60. The number of aromatic amines is 1. The Morgan fingerprint density at radius 1 is 1.36 bits per heavy atom. The van der Waals surface area contributed by atoms with Gasteiger partial charge in [0.05, 0.1) is 24.4 Å². The highest BCUT2D eigenvalue weighted by atomic mass is 35.5. The number of carbonyl (C=O) groups excluding carboxylic acids is 1. The summed E-state index contributed by atoms with van der Waals surface area (Å²) in [5.74, 6) is -0.513. The topological polar surface area (TPSA) is 96.0 Å². The van der Waals surface area contributed by atoms with Crippen LogP contribution in [-0.2, 0) is 9.53 Å². The molecule has 0 unspecified atom stereocenters. The van der Waals surface area contributed by atoms with Gasteiger partial charge >= 0.3 is 0 Å². The highest BCUT2D eigenvalue weighted by Crippen LogP contribution is 2.28. The van der Waals surface area contributed by atoms with Crippen LogP contribution >= 0.6 is 11.6 Å². The lowest BCUT2D eigenvalue weighted by molar-refractivity contribution is -0.135. The molecule has 0 radical (unpaired) electrons. The number of nitrogens with zero attached hydrogens (tertiary/aromatic N) is 4. The molecule has 8 nitrogen and oxygen atoms in total. The first-order chi connectivity index (χ1) is 13.5. The zero-order valence-electron chi connectivity index (χ0n) is 15.1. The number of morpholine rings is 1. The Morgan fingerprint density at radius 2 is 2.14 bits per heavy atom. The van der Waals surface area contributed by atoms with Gasteiger partial charge in [0.2, 0.25) is 5.91 Å². The van der Waals surface area contributed by atoms with Gasteiger partial charge < -0.3 is 19.9 Å². The highest BCUT2D eigenvalue weighted by molar-refractivity contribution is 6.31. The number of ether oxygens (including phenoxy) is 1. The minimum Gasteiger partial charge on any atom is -0.378 e. The van der Waals surface area contributed by atoms with Crippen molar-refractivity contribution in [3.8, 4) is 11.4 Å². The van der Waals surface area contributed by atoms with E-state index < -0.39 is 11.9 Å². The molecule has 146 valence electrons. The van der Waals surface area contributed by atoms with Gasteiger partial charge in [-0.1, -0.05) is 11.6 Å². The molecule has 4 heterocycles. The maximum absolute atomic E-state index is 14.3. The number of halogens is 2. The first-order valence-electron chi connectivity index (χ1n) is 8.81. The third kappa shape index (κ3) is 3.63. The molecule has 1 atom stereocenters. The minimum absolute atomic E-state index is 0.0385. The quantitative estimate of drug-likeness (QED) is 0.693. The maximum Gasteiger partial charge on any atom is 0.244 e. The van der Waals surface area contributed by atoms with Crippen molar-refractivity contribution < 1.29 is 13.9 Å². The van der Waals surface area contributed by atoms with E-state index in [1.165, 1.54) is 6.20 Å². The SMILES string of the molecule is C[C@@H](Nc1nc(-c2c[nH]c3ncc(Cl)cc23)ncc1F)C(=O)N1CCOCC1. The fraction of sp³-hybridized carbons (Fsp3) is 0.333. The summed E-state index contributed by atoms with van der Waals surface area (Å²) in [7, 11) is 0. The molecular formula is C18H18ClFN6O2. The predicted molar refractivity (Wildman–Crippen MR) is 103 cm³/mol. The lowest BCUT2D eigenvalue weighted by Crippen LogP contribution is -2.47. The lowest BCUT2D eigenvalue weighted by atomic mass is 10.2. The van der Waals surface area contributed by atoms with E-state index in [2.05, 4.69) is 25.3 Å². The van der Waals surface area contributed by atoms with Crippen LogP contribution in [0.3, 0.4) is 0 Å². The number of pyridine rings is 1. The number of rotatable bonds is 4. The molecule has 28 heavy (non-hydrogen) atoms. The maximum atomic E-state index is 14.3. The van der Waals surface area contributed by atoms with E-state index in [9.17, 15) is 9.18 Å². The Hall–Kier alpha value is -2.78. The van der Waals surface area contributed by atoms with Crippen LogP contribution in [0.15, 0.2) is 24.7 Å². The summed E-state index contributed by atoms with van der Waals surface area (Å²) in [5.41, 5.74) is 1.26. The van der Waals surface area contributed by atoms with Crippen molar-refractivity contribution in [2.45, 2.75) is 13.0 Å². The number of nitrogens with one attached hydrogen (secondary N) is 2. The van der Waals surface area contributed by atoms with E-state index in [1.807, 2.05) is 0 Å².